The van der Waals surface area contributed by atoms with Gasteiger partial charge >= 0.3 is 0 Å². The van der Waals surface area contributed by atoms with Crippen LogP contribution in [0.1, 0.15) is 27.2 Å². The second-order valence-electron chi connectivity index (χ2n) is 3.13. The van der Waals surface area contributed by atoms with Crippen LogP contribution in [0.3, 0.4) is 0 Å². The van der Waals surface area contributed by atoms with E-state index < -0.39 is 0 Å². The molecule has 0 aliphatic rings. The van der Waals surface area contributed by atoms with Crippen LogP contribution >= 0.6 is 0 Å². The summed E-state index contributed by atoms with van der Waals surface area (Å²) in [5, 5.41) is 0. The molecular formula is C10H19N. The lowest BCUT2D eigenvalue weighted by Gasteiger charge is -2.18. The average molecular weight is 153 g/mol. The summed E-state index contributed by atoms with van der Waals surface area (Å²) < 4.78 is 0. The molecular weight excluding hydrogens is 134 g/mol. The van der Waals surface area contributed by atoms with Crippen molar-refractivity contribution in [1.29, 1.82) is 0 Å². The van der Waals surface area contributed by atoms with E-state index in [1.165, 1.54) is 5.57 Å². The summed E-state index contributed by atoms with van der Waals surface area (Å²) in [4.78, 5) is 4.02. The van der Waals surface area contributed by atoms with Crippen molar-refractivity contribution in [2.45, 2.75) is 27.2 Å². The quantitative estimate of drug-likeness (QED) is 0.435. The van der Waals surface area contributed by atoms with E-state index in [-0.39, 0.29) is 0 Å². The first-order chi connectivity index (χ1) is 5.13. The number of nitrogens with zero attached hydrogens (tertiary/aromatic N) is 1. The van der Waals surface area contributed by atoms with E-state index in [9.17, 15) is 0 Å². The lowest BCUT2D eigenvalue weighted by Crippen LogP contribution is -2.12. The summed E-state index contributed by atoms with van der Waals surface area (Å²) in [5.74, 6) is 1.13. The predicted molar refractivity (Wildman–Crippen MR) is 52.2 cm³/mol. The first-order valence-electron chi connectivity index (χ1n) is 4.21. The van der Waals surface area contributed by atoms with Gasteiger partial charge in [0, 0.05) is 13.3 Å². The second kappa shape index (κ2) is 5.11. The Morgan fingerprint density at radius 2 is 2.18 bits per heavy atom. The van der Waals surface area contributed by atoms with Crippen molar-refractivity contribution < 1.29 is 0 Å². The molecule has 0 saturated heterocycles. The molecule has 0 spiro atoms. The molecule has 2 atom stereocenters. The first-order valence-corrected chi connectivity index (χ1v) is 4.21. The van der Waals surface area contributed by atoms with Gasteiger partial charge in [-0.05, 0) is 25.2 Å². The van der Waals surface area contributed by atoms with Gasteiger partial charge in [0.2, 0.25) is 0 Å². The number of hydrogen-bond acceptors (Lipinski definition) is 1. The summed E-state index contributed by atoms with van der Waals surface area (Å²) in [6.07, 6.45) is 3.16. The fraction of sp³-hybridized carbons (Fsp3) is 0.700. The van der Waals surface area contributed by atoms with Crippen LogP contribution in [-0.4, -0.2) is 13.3 Å². The maximum atomic E-state index is 4.02. The van der Waals surface area contributed by atoms with Gasteiger partial charge < -0.3 is 4.99 Å². The Balaban J connectivity index is 4.13. The summed E-state index contributed by atoms with van der Waals surface area (Å²) in [5.41, 5.74) is 1.26. The molecule has 11 heavy (non-hydrogen) atoms. The normalized spacial score (nSPS) is 16.7. The molecule has 0 fully saturated rings. The molecule has 0 amide bonds. The van der Waals surface area contributed by atoms with Gasteiger partial charge in [-0.2, -0.15) is 0 Å². The van der Waals surface area contributed by atoms with Gasteiger partial charge in [-0.25, -0.2) is 0 Å². The summed E-state index contributed by atoms with van der Waals surface area (Å²) in [6, 6.07) is 0. The van der Waals surface area contributed by atoms with Crippen LogP contribution < -0.4 is 0 Å². The fourth-order valence-electron chi connectivity index (χ4n) is 1.51. The van der Waals surface area contributed by atoms with E-state index in [2.05, 4.69) is 32.3 Å². The third-order valence-electron chi connectivity index (χ3n) is 2.09. The number of hydrogen-bond donors (Lipinski definition) is 0. The van der Waals surface area contributed by atoms with Crippen molar-refractivity contribution in [1.82, 2.24) is 0 Å². The molecule has 0 aromatic heterocycles. The molecule has 0 aliphatic heterocycles. The fourth-order valence-corrected chi connectivity index (χ4v) is 1.51. The molecule has 0 N–H and O–H groups in total. The smallest absolute Gasteiger partial charge is 0.0273 e. The monoisotopic (exact) mass is 153 g/mol. The summed E-state index contributed by atoms with van der Waals surface area (Å²) in [7, 11) is 1.82. The minimum atomic E-state index is 0.530. The summed E-state index contributed by atoms with van der Waals surface area (Å²) in [6.45, 7) is 10.4. The van der Waals surface area contributed by atoms with E-state index in [1.54, 1.807) is 0 Å². The molecule has 0 bridgehead atoms. The summed E-state index contributed by atoms with van der Waals surface area (Å²) >= 11 is 0. The van der Waals surface area contributed by atoms with E-state index in [4.69, 9.17) is 0 Å². The van der Waals surface area contributed by atoms with Gasteiger partial charge in [0.15, 0.2) is 0 Å². The second-order valence-corrected chi connectivity index (χ2v) is 3.13. The first kappa shape index (κ1) is 10.4. The Labute approximate surface area is 70.2 Å². The van der Waals surface area contributed by atoms with Gasteiger partial charge in [0.1, 0.15) is 0 Å². The van der Waals surface area contributed by atoms with Crippen LogP contribution in [0.25, 0.3) is 0 Å². The van der Waals surface area contributed by atoms with Crippen molar-refractivity contribution in [3.63, 3.8) is 0 Å². The van der Waals surface area contributed by atoms with Crippen molar-refractivity contribution >= 4 is 6.21 Å². The highest BCUT2D eigenvalue weighted by molar-refractivity contribution is 5.61. The highest BCUT2D eigenvalue weighted by Crippen LogP contribution is 2.20. The molecule has 0 rings (SSSR count). The lowest BCUT2D eigenvalue weighted by molar-refractivity contribution is 0.503. The third-order valence-corrected chi connectivity index (χ3v) is 2.09. The Bertz CT molecular complexity index is 147. The van der Waals surface area contributed by atoms with E-state index in [0.29, 0.717) is 11.8 Å². The van der Waals surface area contributed by atoms with E-state index >= 15 is 0 Å². The maximum absolute atomic E-state index is 4.02. The van der Waals surface area contributed by atoms with Crippen molar-refractivity contribution in [2.24, 2.45) is 16.8 Å². The zero-order chi connectivity index (χ0) is 8.85. The Morgan fingerprint density at radius 1 is 1.64 bits per heavy atom. The standard InChI is InChI=1S/C10H19N/c1-6-10(8(2)3)9(4)7-11-5/h7,9-10H,2,6H2,1,3-5H3. The molecule has 0 aromatic rings. The van der Waals surface area contributed by atoms with Gasteiger partial charge in [-0.1, -0.05) is 26.0 Å². The van der Waals surface area contributed by atoms with E-state index in [0.717, 1.165) is 6.42 Å². The zero-order valence-electron chi connectivity index (χ0n) is 8.09. The topological polar surface area (TPSA) is 12.4 Å². The number of aliphatic imine (C=N–C) groups is 1. The molecule has 0 radical (unpaired) electrons. The molecule has 1 nitrogen and oxygen atoms in total. The largest absolute Gasteiger partial charge is 0.301 e. The van der Waals surface area contributed by atoms with Gasteiger partial charge in [-0.15, -0.1) is 0 Å². The highest BCUT2D eigenvalue weighted by Gasteiger charge is 2.13. The molecule has 0 heterocycles. The highest BCUT2D eigenvalue weighted by atomic mass is 14.6. The third kappa shape index (κ3) is 3.35. The predicted octanol–water partition coefficient (Wildman–Crippen LogP) is 2.93. The molecule has 1 heteroatoms. The Morgan fingerprint density at radius 3 is 2.45 bits per heavy atom. The average Bonchev–Trinajstić information content (AvgIpc) is 1.88. The van der Waals surface area contributed by atoms with Gasteiger partial charge in [0.25, 0.3) is 0 Å². The maximum Gasteiger partial charge on any atom is 0.0273 e. The van der Waals surface area contributed by atoms with Crippen molar-refractivity contribution in [3.8, 4) is 0 Å². The van der Waals surface area contributed by atoms with Gasteiger partial charge in [-0.3, -0.25) is 0 Å². The minimum absolute atomic E-state index is 0.530. The van der Waals surface area contributed by atoms with Crippen LogP contribution in [0.4, 0.5) is 0 Å². The molecule has 2 unspecified atom stereocenters. The zero-order valence-corrected chi connectivity index (χ0v) is 8.09. The van der Waals surface area contributed by atoms with Gasteiger partial charge in [0.05, 0.1) is 0 Å². The molecule has 0 aliphatic carbocycles. The Hall–Kier alpha value is -0.590. The molecule has 0 saturated carbocycles. The SMILES string of the molecule is C=C(C)C(CC)C(C)C=NC. The van der Waals surface area contributed by atoms with Crippen LogP contribution in [-0.2, 0) is 0 Å². The Kier molecular flexibility index (Phi) is 4.84. The van der Waals surface area contributed by atoms with Crippen molar-refractivity contribution in [3.05, 3.63) is 12.2 Å². The lowest BCUT2D eigenvalue weighted by atomic mass is 9.87. The molecule has 64 valence electrons. The van der Waals surface area contributed by atoms with Crippen LogP contribution in [0.2, 0.25) is 0 Å². The molecule has 0 aromatic carbocycles. The van der Waals surface area contributed by atoms with E-state index in [1.807, 2.05) is 13.3 Å². The van der Waals surface area contributed by atoms with Crippen LogP contribution in [0, 0.1) is 11.8 Å². The minimum Gasteiger partial charge on any atom is -0.301 e. The number of allylic oxidation sites excluding steroid dienone is 1. The van der Waals surface area contributed by atoms with Crippen molar-refractivity contribution in [2.75, 3.05) is 7.05 Å². The number of rotatable bonds is 4. The van der Waals surface area contributed by atoms with Crippen LogP contribution in [0.15, 0.2) is 17.1 Å². The van der Waals surface area contributed by atoms with Crippen LogP contribution in [0.5, 0.6) is 0 Å².